The van der Waals surface area contributed by atoms with Crippen LogP contribution in [0.3, 0.4) is 0 Å². The van der Waals surface area contributed by atoms with Crippen molar-refractivity contribution in [1.29, 1.82) is 0 Å². The van der Waals surface area contributed by atoms with Gasteiger partial charge in [-0.3, -0.25) is 4.79 Å². The lowest BCUT2D eigenvalue weighted by atomic mass is 10.0. The van der Waals surface area contributed by atoms with Gasteiger partial charge in [-0.1, -0.05) is 78.4 Å². The minimum Gasteiger partial charge on any atom is -0.322 e. The van der Waals surface area contributed by atoms with Crippen LogP contribution in [0.1, 0.15) is 22.3 Å². The molecule has 0 aromatic heterocycles. The topological polar surface area (TPSA) is 29.1 Å². The smallest absolute Gasteiger partial charge is 0.256 e. The zero-order chi connectivity index (χ0) is 17.6. The minimum absolute atomic E-state index is 0.109. The third-order valence-electron chi connectivity index (χ3n) is 4.11. The number of anilines is 1. The molecule has 1 amide bonds. The zero-order valence-corrected chi connectivity index (χ0v) is 14.5. The summed E-state index contributed by atoms with van der Waals surface area (Å²) in [7, 11) is 0. The Hall–Kier alpha value is -3.13. The normalized spacial score (nSPS) is 11.2. The molecule has 0 saturated carbocycles. The number of hydrogen-bond acceptors (Lipinski definition) is 1. The van der Waals surface area contributed by atoms with Crippen LogP contribution in [0, 0.1) is 13.8 Å². The first kappa shape index (κ1) is 16.7. The Morgan fingerprint density at radius 1 is 0.800 bits per heavy atom. The monoisotopic (exact) mass is 327 g/mol. The van der Waals surface area contributed by atoms with Gasteiger partial charge in [0.2, 0.25) is 0 Å². The number of nitrogens with one attached hydrogen (secondary N) is 1. The third-order valence-corrected chi connectivity index (χ3v) is 4.11. The second-order valence-electron chi connectivity index (χ2n) is 6.10. The van der Waals surface area contributed by atoms with Gasteiger partial charge in [-0.15, -0.1) is 0 Å². The van der Waals surface area contributed by atoms with Crippen molar-refractivity contribution in [3.8, 4) is 0 Å². The summed E-state index contributed by atoms with van der Waals surface area (Å²) in [5.74, 6) is -0.109. The van der Waals surface area contributed by atoms with Crippen molar-refractivity contribution in [2.24, 2.45) is 0 Å². The highest BCUT2D eigenvalue weighted by Gasteiger charge is 2.13. The van der Waals surface area contributed by atoms with E-state index in [9.17, 15) is 4.79 Å². The van der Waals surface area contributed by atoms with Crippen LogP contribution >= 0.6 is 0 Å². The van der Waals surface area contributed by atoms with Crippen molar-refractivity contribution in [3.05, 3.63) is 101 Å². The van der Waals surface area contributed by atoms with E-state index in [4.69, 9.17) is 0 Å². The van der Waals surface area contributed by atoms with Crippen molar-refractivity contribution in [3.63, 3.8) is 0 Å². The van der Waals surface area contributed by atoms with Gasteiger partial charge in [-0.25, -0.2) is 0 Å². The van der Waals surface area contributed by atoms with Crippen molar-refractivity contribution in [2.75, 3.05) is 5.32 Å². The fourth-order valence-corrected chi connectivity index (χ4v) is 2.63. The molecule has 0 heterocycles. The van der Waals surface area contributed by atoms with Gasteiger partial charge >= 0.3 is 0 Å². The summed E-state index contributed by atoms with van der Waals surface area (Å²) in [6.45, 7) is 4.03. The van der Waals surface area contributed by atoms with Crippen LogP contribution in [0.2, 0.25) is 0 Å². The molecule has 0 unspecified atom stereocenters. The number of rotatable bonds is 4. The molecule has 0 radical (unpaired) electrons. The number of para-hydroxylation sites is 1. The standard InChI is InChI=1S/C23H21NO/c1-17-12-14-20(15-13-17)21(16-19-9-4-3-5-10-19)23(25)24-22-11-7-6-8-18(22)2/h3-16H,1-2H3,(H,24,25)/b21-16+. The van der Waals surface area contributed by atoms with Crippen molar-refractivity contribution in [2.45, 2.75) is 13.8 Å². The van der Waals surface area contributed by atoms with E-state index < -0.39 is 0 Å². The maximum atomic E-state index is 13.0. The highest BCUT2D eigenvalue weighted by molar-refractivity contribution is 6.29. The third kappa shape index (κ3) is 4.24. The first-order valence-corrected chi connectivity index (χ1v) is 8.34. The van der Waals surface area contributed by atoms with Gasteiger partial charge in [0.05, 0.1) is 0 Å². The summed E-state index contributed by atoms with van der Waals surface area (Å²) in [6.07, 6.45) is 1.93. The molecule has 0 fully saturated rings. The van der Waals surface area contributed by atoms with Crippen LogP contribution in [0.15, 0.2) is 78.9 Å². The minimum atomic E-state index is -0.109. The van der Waals surface area contributed by atoms with E-state index in [-0.39, 0.29) is 5.91 Å². The number of benzene rings is 3. The molecule has 0 aliphatic rings. The fraction of sp³-hybridized carbons (Fsp3) is 0.0870. The molecule has 1 N–H and O–H groups in total. The summed E-state index contributed by atoms with van der Waals surface area (Å²) < 4.78 is 0. The molecule has 25 heavy (non-hydrogen) atoms. The number of amides is 1. The molecule has 3 aromatic carbocycles. The summed E-state index contributed by atoms with van der Waals surface area (Å²) in [4.78, 5) is 13.0. The van der Waals surface area contributed by atoms with Crippen molar-refractivity contribution >= 4 is 23.2 Å². The fourth-order valence-electron chi connectivity index (χ4n) is 2.63. The Morgan fingerprint density at radius 2 is 1.44 bits per heavy atom. The van der Waals surface area contributed by atoms with Gasteiger partial charge in [0.1, 0.15) is 0 Å². The Kier molecular flexibility index (Phi) is 5.10. The molecular formula is C23H21NO. The van der Waals surface area contributed by atoms with Gasteiger partial charge < -0.3 is 5.32 Å². The Morgan fingerprint density at radius 3 is 2.12 bits per heavy atom. The SMILES string of the molecule is Cc1ccc(/C(=C\c2ccccc2)C(=O)Nc2ccccc2C)cc1. The molecule has 0 saturated heterocycles. The molecular weight excluding hydrogens is 306 g/mol. The second-order valence-corrected chi connectivity index (χ2v) is 6.10. The van der Waals surface area contributed by atoms with E-state index in [0.717, 1.165) is 22.4 Å². The first-order valence-electron chi connectivity index (χ1n) is 8.34. The van der Waals surface area contributed by atoms with Gasteiger partial charge in [-0.2, -0.15) is 0 Å². The molecule has 0 atom stereocenters. The van der Waals surface area contributed by atoms with E-state index in [1.165, 1.54) is 5.56 Å². The average molecular weight is 327 g/mol. The number of carbonyl (C=O) groups excluding carboxylic acids is 1. The largest absolute Gasteiger partial charge is 0.322 e. The molecule has 3 aromatic rings. The number of aryl methyl sites for hydroxylation is 2. The van der Waals surface area contributed by atoms with Gasteiger partial charge in [0.15, 0.2) is 0 Å². The maximum absolute atomic E-state index is 13.0. The van der Waals surface area contributed by atoms with Crippen LogP contribution in [0.5, 0.6) is 0 Å². The molecule has 124 valence electrons. The molecule has 0 spiro atoms. The molecule has 0 bridgehead atoms. The number of carbonyl (C=O) groups is 1. The summed E-state index contributed by atoms with van der Waals surface area (Å²) in [6, 6.07) is 25.7. The molecule has 3 rings (SSSR count). The highest BCUT2D eigenvalue weighted by atomic mass is 16.1. The van der Waals surface area contributed by atoms with Crippen LogP contribution in [-0.2, 0) is 4.79 Å². The van der Waals surface area contributed by atoms with E-state index in [2.05, 4.69) is 5.32 Å². The van der Waals surface area contributed by atoms with E-state index >= 15 is 0 Å². The Bertz CT molecular complexity index is 893. The van der Waals surface area contributed by atoms with Crippen LogP contribution < -0.4 is 5.32 Å². The Labute approximate surface area is 148 Å². The van der Waals surface area contributed by atoms with Crippen molar-refractivity contribution in [1.82, 2.24) is 0 Å². The summed E-state index contributed by atoms with van der Waals surface area (Å²) >= 11 is 0. The molecule has 2 nitrogen and oxygen atoms in total. The van der Waals surface area contributed by atoms with Gasteiger partial charge in [0.25, 0.3) is 5.91 Å². The zero-order valence-electron chi connectivity index (χ0n) is 14.5. The van der Waals surface area contributed by atoms with Gasteiger partial charge in [-0.05, 0) is 42.7 Å². The lowest BCUT2D eigenvalue weighted by Gasteiger charge is -2.12. The quantitative estimate of drug-likeness (QED) is 0.499. The van der Waals surface area contributed by atoms with Crippen LogP contribution in [0.25, 0.3) is 11.6 Å². The second kappa shape index (κ2) is 7.63. The Balaban J connectivity index is 1.99. The van der Waals surface area contributed by atoms with E-state index in [1.807, 2.05) is 98.8 Å². The maximum Gasteiger partial charge on any atom is 0.256 e. The van der Waals surface area contributed by atoms with Crippen LogP contribution in [0.4, 0.5) is 5.69 Å². The van der Waals surface area contributed by atoms with Crippen LogP contribution in [-0.4, -0.2) is 5.91 Å². The molecule has 0 aliphatic heterocycles. The lowest BCUT2D eigenvalue weighted by Crippen LogP contribution is -2.14. The molecule has 0 aliphatic carbocycles. The van der Waals surface area contributed by atoms with E-state index in [1.54, 1.807) is 0 Å². The summed E-state index contributed by atoms with van der Waals surface area (Å²) in [5.41, 5.74) is 5.59. The first-order chi connectivity index (χ1) is 12.1. The highest BCUT2D eigenvalue weighted by Crippen LogP contribution is 2.22. The average Bonchev–Trinajstić information content (AvgIpc) is 2.63. The number of hydrogen-bond donors (Lipinski definition) is 1. The van der Waals surface area contributed by atoms with E-state index in [0.29, 0.717) is 5.57 Å². The predicted octanol–water partition coefficient (Wildman–Crippen LogP) is 5.48. The lowest BCUT2D eigenvalue weighted by molar-refractivity contribution is -0.111. The predicted molar refractivity (Wildman–Crippen MR) is 105 cm³/mol. The summed E-state index contributed by atoms with van der Waals surface area (Å²) in [5, 5.41) is 3.04. The van der Waals surface area contributed by atoms with Gasteiger partial charge in [0, 0.05) is 11.3 Å². The van der Waals surface area contributed by atoms with Crippen molar-refractivity contribution < 1.29 is 4.79 Å². The molecule has 2 heteroatoms.